The summed E-state index contributed by atoms with van der Waals surface area (Å²) in [6.07, 6.45) is 6.06. The molecule has 0 bridgehead atoms. The van der Waals surface area contributed by atoms with Gasteiger partial charge in [-0.05, 0) is 55.2 Å². The second-order valence-corrected chi connectivity index (χ2v) is 5.76. The highest BCUT2D eigenvalue weighted by molar-refractivity contribution is 5.82. The van der Waals surface area contributed by atoms with E-state index in [4.69, 9.17) is 4.74 Å². The molecule has 2 heterocycles. The van der Waals surface area contributed by atoms with Gasteiger partial charge in [-0.25, -0.2) is 4.98 Å². The number of pyridine rings is 1. The van der Waals surface area contributed by atoms with E-state index in [1.54, 1.807) is 0 Å². The largest absolute Gasteiger partial charge is 0.493 e. The number of hydrogen-bond acceptors (Lipinski definition) is 2. The Morgan fingerprint density at radius 3 is 2.65 bits per heavy atom. The highest BCUT2D eigenvalue weighted by atomic mass is 16.5. The lowest BCUT2D eigenvalue weighted by Crippen LogP contribution is -1.98. The van der Waals surface area contributed by atoms with E-state index in [1.807, 2.05) is 6.20 Å². The van der Waals surface area contributed by atoms with Gasteiger partial charge >= 0.3 is 0 Å². The fourth-order valence-corrected chi connectivity index (χ4v) is 2.88. The summed E-state index contributed by atoms with van der Waals surface area (Å²) in [5, 5.41) is 1.19. The molecule has 0 radical (unpaired) electrons. The van der Waals surface area contributed by atoms with Crippen LogP contribution < -0.4 is 4.74 Å². The molecule has 3 heteroatoms. The smallest absolute Gasteiger partial charge is 0.139 e. The number of aryl methyl sites for hydroxylation is 2. The molecular weight excluding hydrogens is 284 g/mol. The van der Waals surface area contributed by atoms with Crippen LogP contribution in [0, 0.1) is 0 Å². The average molecular weight is 308 g/mol. The molecule has 0 aliphatic rings. The van der Waals surface area contributed by atoms with Crippen molar-refractivity contribution in [3.8, 4) is 16.9 Å². The van der Waals surface area contributed by atoms with E-state index in [1.165, 1.54) is 16.5 Å². The zero-order chi connectivity index (χ0) is 16.2. The summed E-state index contributed by atoms with van der Waals surface area (Å²) in [5.41, 5.74) is 4.66. The Bertz CT molecular complexity index is 805. The van der Waals surface area contributed by atoms with Crippen LogP contribution in [-0.4, -0.2) is 16.2 Å². The van der Waals surface area contributed by atoms with Gasteiger partial charge in [0, 0.05) is 29.9 Å². The Morgan fingerprint density at radius 2 is 1.91 bits per heavy atom. The molecule has 120 valence electrons. The third kappa shape index (κ3) is 3.09. The topological polar surface area (TPSA) is 27.1 Å². The zero-order valence-electron chi connectivity index (χ0n) is 14.2. The standard InChI is InChI=1S/C20H24N2O/c1-4-11-23-19-8-7-16(12-15(19)5-2)18-13-17-9-10-22(6-3)20(17)21-14-18/h7-10,12-14H,4-6,11H2,1-3H3. The van der Waals surface area contributed by atoms with Crippen LogP contribution in [0.4, 0.5) is 0 Å². The van der Waals surface area contributed by atoms with Crippen LogP contribution in [0.15, 0.2) is 42.7 Å². The average Bonchev–Trinajstić information content (AvgIpc) is 3.02. The lowest BCUT2D eigenvalue weighted by molar-refractivity contribution is 0.314. The quantitative estimate of drug-likeness (QED) is 0.635. The summed E-state index contributed by atoms with van der Waals surface area (Å²) in [6.45, 7) is 8.14. The molecule has 0 aliphatic heterocycles. The Kier molecular flexibility index (Phi) is 4.65. The number of hydrogen-bond donors (Lipinski definition) is 0. The maximum Gasteiger partial charge on any atom is 0.139 e. The van der Waals surface area contributed by atoms with Crippen molar-refractivity contribution in [1.29, 1.82) is 0 Å². The zero-order valence-corrected chi connectivity index (χ0v) is 14.2. The molecule has 0 unspecified atom stereocenters. The first-order valence-corrected chi connectivity index (χ1v) is 8.47. The van der Waals surface area contributed by atoms with Gasteiger partial charge in [0.2, 0.25) is 0 Å². The minimum atomic E-state index is 0.768. The molecule has 3 rings (SSSR count). The molecule has 0 atom stereocenters. The molecule has 0 N–H and O–H groups in total. The predicted octanol–water partition coefficient (Wildman–Crippen LogP) is 5.07. The van der Waals surface area contributed by atoms with Crippen LogP contribution in [-0.2, 0) is 13.0 Å². The maximum absolute atomic E-state index is 5.84. The normalized spacial score (nSPS) is 11.1. The summed E-state index contributed by atoms with van der Waals surface area (Å²) in [5.74, 6) is 1.00. The SMILES string of the molecule is CCCOc1ccc(-c2cnc3c(ccn3CC)c2)cc1CC. The highest BCUT2D eigenvalue weighted by Crippen LogP contribution is 2.29. The number of aromatic nitrogens is 2. The van der Waals surface area contributed by atoms with Gasteiger partial charge in [-0.15, -0.1) is 0 Å². The predicted molar refractivity (Wildman–Crippen MR) is 96.0 cm³/mol. The van der Waals surface area contributed by atoms with Crippen LogP contribution in [0.3, 0.4) is 0 Å². The number of fused-ring (bicyclic) bond motifs is 1. The molecule has 0 fully saturated rings. The number of benzene rings is 1. The van der Waals surface area contributed by atoms with E-state index in [-0.39, 0.29) is 0 Å². The van der Waals surface area contributed by atoms with E-state index in [0.29, 0.717) is 0 Å². The van der Waals surface area contributed by atoms with Gasteiger partial charge < -0.3 is 9.30 Å². The van der Waals surface area contributed by atoms with Gasteiger partial charge in [0.05, 0.1) is 6.61 Å². The summed E-state index contributed by atoms with van der Waals surface area (Å²) in [6, 6.07) is 10.8. The van der Waals surface area contributed by atoms with E-state index >= 15 is 0 Å². The third-order valence-electron chi connectivity index (χ3n) is 4.18. The molecule has 0 saturated carbocycles. The highest BCUT2D eigenvalue weighted by Gasteiger charge is 2.08. The van der Waals surface area contributed by atoms with Crippen LogP contribution in [0.25, 0.3) is 22.2 Å². The van der Waals surface area contributed by atoms with Crippen molar-refractivity contribution >= 4 is 11.0 Å². The van der Waals surface area contributed by atoms with Gasteiger partial charge in [-0.1, -0.05) is 19.9 Å². The molecule has 23 heavy (non-hydrogen) atoms. The van der Waals surface area contributed by atoms with Gasteiger partial charge in [-0.3, -0.25) is 0 Å². The number of ether oxygens (including phenoxy) is 1. The summed E-state index contributed by atoms with van der Waals surface area (Å²) in [4.78, 5) is 4.65. The van der Waals surface area contributed by atoms with Crippen molar-refractivity contribution in [1.82, 2.24) is 9.55 Å². The third-order valence-corrected chi connectivity index (χ3v) is 4.18. The summed E-state index contributed by atoms with van der Waals surface area (Å²) >= 11 is 0. The van der Waals surface area contributed by atoms with Crippen molar-refractivity contribution in [3.63, 3.8) is 0 Å². The first kappa shape index (κ1) is 15.6. The molecular formula is C20H24N2O. The minimum Gasteiger partial charge on any atom is -0.493 e. The molecule has 0 saturated heterocycles. The Labute approximate surface area is 137 Å². The lowest BCUT2D eigenvalue weighted by atomic mass is 10.0. The molecule has 1 aromatic carbocycles. The van der Waals surface area contributed by atoms with E-state index < -0.39 is 0 Å². The summed E-state index contributed by atoms with van der Waals surface area (Å²) in [7, 11) is 0. The Morgan fingerprint density at radius 1 is 1.04 bits per heavy atom. The molecule has 0 amide bonds. The molecule has 3 nitrogen and oxygen atoms in total. The second kappa shape index (κ2) is 6.86. The van der Waals surface area contributed by atoms with Crippen molar-refractivity contribution in [2.45, 2.75) is 40.2 Å². The van der Waals surface area contributed by atoms with E-state index in [0.717, 1.165) is 43.0 Å². The number of nitrogens with zero attached hydrogens (tertiary/aromatic N) is 2. The van der Waals surface area contributed by atoms with Crippen LogP contribution in [0.2, 0.25) is 0 Å². The maximum atomic E-state index is 5.84. The van der Waals surface area contributed by atoms with Crippen molar-refractivity contribution in [3.05, 3.63) is 48.3 Å². The van der Waals surface area contributed by atoms with Gasteiger partial charge in [-0.2, -0.15) is 0 Å². The molecule has 0 aliphatic carbocycles. The Balaban J connectivity index is 1.97. The van der Waals surface area contributed by atoms with Gasteiger partial charge in [0.15, 0.2) is 0 Å². The van der Waals surface area contributed by atoms with E-state index in [9.17, 15) is 0 Å². The van der Waals surface area contributed by atoms with Gasteiger partial charge in [0.1, 0.15) is 11.4 Å². The van der Waals surface area contributed by atoms with Crippen LogP contribution >= 0.6 is 0 Å². The Hall–Kier alpha value is -2.29. The fourth-order valence-electron chi connectivity index (χ4n) is 2.88. The minimum absolute atomic E-state index is 0.768. The first-order valence-electron chi connectivity index (χ1n) is 8.47. The summed E-state index contributed by atoms with van der Waals surface area (Å²) < 4.78 is 8.00. The van der Waals surface area contributed by atoms with Crippen LogP contribution in [0.5, 0.6) is 5.75 Å². The van der Waals surface area contributed by atoms with Gasteiger partial charge in [0.25, 0.3) is 0 Å². The molecule has 2 aromatic heterocycles. The van der Waals surface area contributed by atoms with Crippen molar-refractivity contribution in [2.75, 3.05) is 6.61 Å². The monoisotopic (exact) mass is 308 g/mol. The van der Waals surface area contributed by atoms with Crippen LogP contribution in [0.1, 0.15) is 32.8 Å². The van der Waals surface area contributed by atoms with Crippen molar-refractivity contribution < 1.29 is 4.74 Å². The second-order valence-electron chi connectivity index (χ2n) is 5.76. The molecule has 0 spiro atoms. The molecule has 3 aromatic rings. The first-order chi connectivity index (χ1) is 11.3. The van der Waals surface area contributed by atoms with Crippen molar-refractivity contribution in [2.24, 2.45) is 0 Å². The lowest BCUT2D eigenvalue weighted by Gasteiger charge is -2.12. The fraction of sp³-hybridized carbons (Fsp3) is 0.350. The van der Waals surface area contributed by atoms with E-state index in [2.05, 4.69) is 66.9 Å². The number of rotatable bonds is 6.